The van der Waals surface area contributed by atoms with Gasteiger partial charge in [0.05, 0.1) is 12.7 Å². The number of aromatic nitrogens is 2. The molecular formula is C21H20FN3O3. The zero-order valence-electron chi connectivity index (χ0n) is 15.5. The summed E-state index contributed by atoms with van der Waals surface area (Å²) in [5.74, 6) is 1.11. The summed E-state index contributed by atoms with van der Waals surface area (Å²) >= 11 is 0. The maximum atomic E-state index is 13.9. The van der Waals surface area contributed by atoms with Gasteiger partial charge in [-0.2, -0.15) is 0 Å². The molecule has 0 aliphatic carbocycles. The van der Waals surface area contributed by atoms with Crippen molar-refractivity contribution < 1.29 is 18.3 Å². The van der Waals surface area contributed by atoms with E-state index in [-0.39, 0.29) is 17.4 Å². The van der Waals surface area contributed by atoms with Crippen LogP contribution < -0.4 is 4.74 Å². The topological polar surface area (TPSA) is 68.5 Å². The lowest BCUT2D eigenvalue weighted by Crippen LogP contribution is -2.38. The minimum absolute atomic E-state index is 0.0872. The third kappa shape index (κ3) is 3.60. The molecule has 0 unspecified atom stereocenters. The fourth-order valence-corrected chi connectivity index (χ4v) is 3.38. The van der Waals surface area contributed by atoms with Crippen molar-refractivity contribution in [3.05, 3.63) is 65.8 Å². The number of nitrogens with zero attached hydrogens (tertiary/aromatic N) is 3. The molecule has 1 aliphatic heterocycles. The SMILES string of the molecule is COc1ccc(-c2nnc(C3CCN(C(=O)c4ccccc4F)CC3)o2)cc1. The van der Waals surface area contributed by atoms with E-state index in [2.05, 4.69) is 10.2 Å². The zero-order valence-corrected chi connectivity index (χ0v) is 15.5. The smallest absolute Gasteiger partial charge is 0.256 e. The van der Waals surface area contributed by atoms with Crippen molar-refractivity contribution in [2.45, 2.75) is 18.8 Å². The Kier molecular flexibility index (Phi) is 5.06. The molecule has 1 saturated heterocycles. The van der Waals surface area contributed by atoms with Crippen LogP contribution in [-0.4, -0.2) is 41.2 Å². The van der Waals surface area contributed by atoms with Crippen LogP contribution in [0.3, 0.4) is 0 Å². The molecule has 1 fully saturated rings. The normalized spacial score (nSPS) is 14.9. The van der Waals surface area contributed by atoms with E-state index in [1.54, 1.807) is 24.1 Å². The Morgan fingerprint density at radius 3 is 2.50 bits per heavy atom. The Hall–Kier alpha value is -3.22. The van der Waals surface area contributed by atoms with E-state index < -0.39 is 5.82 Å². The molecule has 1 aromatic heterocycles. The molecule has 2 aromatic carbocycles. The lowest BCUT2D eigenvalue weighted by Gasteiger charge is -2.30. The van der Waals surface area contributed by atoms with Gasteiger partial charge in [0, 0.05) is 24.6 Å². The molecule has 2 heterocycles. The van der Waals surface area contributed by atoms with Gasteiger partial charge in [-0.3, -0.25) is 4.79 Å². The molecular weight excluding hydrogens is 361 g/mol. The Bertz CT molecular complexity index is 963. The lowest BCUT2D eigenvalue weighted by atomic mass is 9.96. The summed E-state index contributed by atoms with van der Waals surface area (Å²) in [5.41, 5.74) is 0.937. The summed E-state index contributed by atoms with van der Waals surface area (Å²) in [4.78, 5) is 14.2. The summed E-state index contributed by atoms with van der Waals surface area (Å²) in [7, 11) is 1.61. The minimum Gasteiger partial charge on any atom is -0.497 e. The number of methoxy groups -OCH3 is 1. The van der Waals surface area contributed by atoms with Gasteiger partial charge in [-0.25, -0.2) is 4.39 Å². The highest BCUT2D eigenvalue weighted by molar-refractivity contribution is 5.94. The maximum absolute atomic E-state index is 13.9. The monoisotopic (exact) mass is 381 g/mol. The van der Waals surface area contributed by atoms with Gasteiger partial charge in [0.2, 0.25) is 11.8 Å². The molecule has 1 amide bonds. The molecule has 7 heteroatoms. The number of piperidine rings is 1. The van der Waals surface area contributed by atoms with Gasteiger partial charge in [-0.05, 0) is 49.2 Å². The number of likely N-dealkylation sites (tertiary alicyclic amines) is 1. The summed E-state index contributed by atoms with van der Waals surface area (Å²) in [6.45, 7) is 1.05. The predicted octanol–water partition coefficient (Wildman–Crippen LogP) is 3.90. The van der Waals surface area contributed by atoms with Crippen LogP contribution in [0.1, 0.15) is 35.0 Å². The molecule has 0 atom stereocenters. The third-order valence-electron chi connectivity index (χ3n) is 5.01. The van der Waals surface area contributed by atoms with Crippen molar-refractivity contribution in [3.8, 4) is 17.2 Å². The molecule has 6 nitrogen and oxygen atoms in total. The Labute approximate surface area is 161 Å². The number of hydrogen-bond donors (Lipinski definition) is 0. The van der Waals surface area contributed by atoms with Crippen LogP contribution in [0.2, 0.25) is 0 Å². The van der Waals surface area contributed by atoms with Crippen LogP contribution in [0.15, 0.2) is 52.9 Å². The number of carbonyl (C=O) groups is 1. The first-order chi connectivity index (χ1) is 13.7. The maximum Gasteiger partial charge on any atom is 0.256 e. The number of rotatable bonds is 4. The number of halogens is 1. The van der Waals surface area contributed by atoms with E-state index in [1.807, 2.05) is 24.3 Å². The average molecular weight is 381 g/mol. The van der Waals surface area contributed by atoms with Crippen molar-refractivity contribution in [2.75, 3.05) is 20.2 Å². The molecule has 3 aromatic rings. The molecule has 0 N–H and O–H groups in total. The first-order valence-electron chi connectivity index (χ1n) is 9.17. The number of carbonyl (C=O) groups excluding carboxylic acids is 1. The van der Waals surface area contributed by atoms with E-state index in [0.29, 0.717) is 37.7 Å². The van der Waals surface area contributed by atoms with Crippen LogP contribution in [0.5, 0.6) is 5.75 Å². The van der Waals surface area contributed by atoms with E-state index in [4.69, 9.17) is 9.15 Å². The quantitative estimate of drug-likeness (QED) is 0.686. The van der Waals surface area contributed by atoms with Crippen molar-refractivity contribution in [1.82, 2.24) is 15.1 Å². The Balaban J connectivity index is 1.41. The van der Waals surface area contributed by atoms with Gasteiger partial charge < -0.3 is 14.1 Å². The van der Waals surface area contributed by atoms with E-state index in [1.165, 1.54) is 12.1 Å². The molecule has 0 spiro atoms. The number of ether oxygens (including phenoxy) is 1. The van der Waals surface area contributed by atoms with E-state index >= 15 is 0 Å². The Morgan fingerprint density at radius 2 is 1.82 bits per heavy atom. The highest BCUT2D eigenvalue weighted by atomic mass is 19.1. The zero-order chi connectivity index (χ0) is 19.5. The number of hydrogen-bond acceptors (Lipinski definition) is 5. The number of benzene rings is 2. The van der Waals surface area contributed by atoms with Crippen LogP contribution in [0.4, 0.5) is 4.39 Å². The van der Waals surface area contributed by atoms with Gasteiger partial charge in [-0.1, -0.05) is 12.1 Å². The van der Waals surface area contributed by atoms with Crippen LogP contribution in [0, 0.1) is 5.82 Å². The number of amides is 1. The molecule has 0 saturated carbocycles. The summed E-state index contributed by atoms with van der Waals surface area (Å²) < 4.78 is 24.9. The first kappa shape index (κ1) is 18.2. The third-order valence-corrected chi connectivity index (χ3v) is 5.01. The van der Waals surface area contributed by atoms with Crippen LogP contribution in [-0.2, 0) is 0 Å². The van der Waals surface area contributed by atoms with Gasteiger partial charge in [-0.15, -0.1) is 10.2 Å². The molecule has 1 aliphatic rings. The summed E-state index contributed by atoms with van der Waals surface area (Å²) in [6, 6.07) is 13.5. The second kappa shape index (κ2) is 7.80. The molecule has 0 radical (unpaired) electrons. The fourth-order valence-electron chi connectivity index (χ4n) is 3.38. The second-order valence-corrected chi connectivity index (χ2v) is 6.72. The predicted molar refractivity (Wildman–Crippen MR) is 101 cm³/mol. The van der Waals surface area contributed by atoms with Gasteiger partial charge in [0.15, 0.2) is 0 Å². The van der Waals surface area contributed by atoms with Crippen molar-refractivity contribution >= 4 is 5.91 Å². The Morgan fingerprint density at radius 1 is 1.11 bits per heavy atom. The summed E-state index contributed by atoms with van der Waals surface area (Å²) in [5, 5.41) is 8.33. The minimum atomic E-state index is -0.490. The van der Waals surface area contributed by atoms with Gasteiger partial charge in [0.25, 0.3) is 5.91 Å². The fraction of sp³-hybridized carbons (Fsp3) is 0.286. The largest absolute Gasteiger partial charge is 0.497 e. The van der Waals surface area contributed by atoms with E-state index in [9.17, 15) is 9.18 Å². The van der Waals surface area contributed by atoms with Crippen molar-refractivity contribution in [2.24, 2.45) is 0 Å². The van der Waals surface area contributed by atoms with Crippen LogP contribution in [0.25, 0.3) is 11.5 Å². The van der Waals surface area contributed by atoms with Gasteiger partial charge >= 0.3 is 0 Å². The molecule has 0 bridgehead atoms. The first-order valence-corrected chi connectivity index (χ1v) is 9.17. The van der Waals surface area contributed by atoms with Gasteiger partial charge in [0.1, 0.15) is 11.6 Å². The highest BCUT2D eigenvalue weighted by Gasteiger charge is 2.28. The highest BCUT2D eigenvalue weighted by Crippen LogP contribution is 2.30. The lowest BCUT2D eigenvalue weighted by molar-refractivity contribution is 0.0701. The average Bonchev–Trinajstić information content (AvgIpc) is 3.24. The summed E-state index contributed by atoms with van der Waals surface area (Å²) in [6.07, 6.45) is 1.40. The molecule has 28 heavy (non-hydrogen) atoms. The van der Waals surface area contributed by atoms with Crippen molar-refractivity contribution in [1.29, 1.82) is 0 Å². The van der Waals surface area contributed by atoms with Crippen molar-refractivity contribution in [3.63, 3.8) is 0 Å². The molecule has 4 rings (SSSR count). The molecule has 144 valence electrons. The van der Waals surface area contributed by atoms with E-state index in [0.717, 1.165) is 11.3 Å². The standard InChI is InChI=1S/C21H20FN3O3/c1-27-16-8-6-14(7-9-16)19-23-24-20(28-19)15-10-12-25(13-11-15)21(26)17-4-2-3-5-18(17)22/h2-9,15H,10-13H2,1H3. The van der Waals surface area contributed by atoms with Crippen LogP contribution >= 0.6 is 0 Å². The second-order valence-electron chi connectivity index (χ2n) is 6.72.